The van der Waals surface area contributed by atoms with Crippen molar-refractivity contribution >= 4 is 40.2 Å². The first-order valence-corrected chi connectivity index (χ1v) is 8.40. The lowest BCUT2D eigenvalue weighted by Gasteiger charge is -2.27. The van der Waals surface area contributed by atoms with E-state index in [4.69, 9.17) is 16.7 Å². The molecule has 26 heavy (non-hydrogen) atoms. The van der Waals surface area contributed by atoms with Gasteiger partial charge in [0.05, 0.1) is 35.0 Å². The lowest BCUT2D eigenvalue weighted by Crippen LogP contribution is -2.20. The van der Waals surface area contributed by atoms with Gasteiger partial charge >= 0.3 is 5.97 Å². The maximum atomic E-state index is 11.8. The van der Waals surface area contributed by atoms with Gasteiger partial charge in [0.2, 0.25) is 0 Å². The summed E-state index contributed by atoms with van der Waals surface area (Å²) >= 11 is 3.29. The molecule has 2 aromatic heterocycles. The molecule has 0 bridgehead atoms. The molecule has 0 aliphatic rings. The second-order valence-electron chi connectivity index (χ2n) is 5.04. The lowest BCUT2D eigenvalue weighted by atomic mass is 10.1. The molecule has 0 fully saturated rings. The highest BCUT2D eigenvalue weighted by atomic mass is 35.5. The van der Waals surface area contributed by atoms with Crippen LogP contribution in [0.4, 0.5) is 11.4 Å². The molecule has 1 atom stereocenters. The lowest BCUT2D eigenvalue weighted by molar-refractivity contribution is 0.0694. The normalized spacial score (nSPS) is 11.9. The number of aromatic nitrogens is 3. The molecule has 0 aliphatic heterocycles. The summed E-state index contributed by atoms with van der Waals surface area (Å²) < 4.78 is 24.4. The number of aromatic amines is 1. The monoisotopic (exact) mass is 393 g/mol. The standard InChI is InChI=1S/C15H11ClN4O5S/c16-14-12(8-5-18-19-6-8)3-10(7-17-14)20(26(24)25)9-1-2-11(15(22)23)13(21)4-9/h1-7,21H,(H,18,19)(H,22,23)(H,24,25)/p-1. The average molecular weight is 394 g/mol. The number of carboxylic acid groups (broad SMARTS) is 1. The van der Waals surface area contributed by atoms with E-state index in [1.807, 2.05) is 0 Å². The molecule has 134 valence electrons. The number of anilines is 2. The Labute approximate surface area is 154 Å². The Kier molecular flexibility index (Phi) is 4.89. The van der Waals surface area contributed by atoms with Gasteiger partial charge in [0.25, 0.3) is 0 Å². The molecule has 3 N–H and O–H groups in total. The van der Waals surface area contributed by atoms with Crippen LogP contribution >= 0.6 is 11.6 Å². The summed E-state index contributed by atoms with van der Waals surface area (Å²) in [7, 11) is 0. The summed E-state index contributed by atoms with van der Waals surface area (Å²) in [6.07, 6.45) is 4.31. The smallest absolute Gasteiger partial charge is 0.339 e. The summed E-state index contributed by atoms with van der Waals surface area (Å²) in [6, 6.07) is 4.88. The minimum Gasteiger partial charge on any atom is -0.755 e. The van der Waals surface area contributed by atoms with E-state index in [9.17, 15) is 18.7 Å². The van der Waals surface area contributed by atoms with E-state index in [-0.39, 0.29) is 22.1 Å². The fourth-order valence-corrected chi connectivity index (χ4v) is 3.07. The molecule has 1 aromatic carbocycles. The molecule has 0 spiro atoms. The zero-order chi connectivity index (χ0) is 18.8. The highest BCUT2D eigenvalue weighted by molar-refractivity contribution is 7.81. The molecule has 2 heterocycles. The average Bonchev–Trinajstić information content (AvgIpc) is 3.10. The van der Waals surface area contributed by atoms with Gasteiger partial charge in [0.1, 0.15) is 16.5 Å². The first-order chi connectivity index (χ1) is 12.4. The number of aromatic carboxylic acids is 1. The van der Waals surface area contributed by atoms with E-state index >= 15 is 0 Å². The largest absolute Gasteiger partial charge is 0.755 e. The van der Waals surface area contributed by atoms with Gasteiger partial charge in [-0.2, -0.15) is 5.10 Å². The third kappa shape index (κ3) is 3.38. The van der Waals surface area contributed by atoms with Crippen LogP contribution in [0.25, 0.3) is 11.1 Å². The minimum atomic E-state index is -2.77. The number of benzene rings is 1. The van der Waals surface area contributed by atoms with Crippen molar-refractivity contribution in [2.75, 3.05) is 4.31 Å². The third-order valence-electron chi connectivity index (χ3n) is 3.46. The number of nitrogens with zero attached hydrogens (tertiary/aromatic N) is 3. The summed E-state index contributed by atoms with van der Waals surface area (Å²) in [5.41, 5.74) is 0.869. The third-order valence-corrected chi connectivity index (χ3v) is 4.48. The van der Waals surface area contributed by atoms with Crippen LogP contribution < -0.4 is 4.31 Å². The van der Waals surface area contributed by atoms with Crippen LogP contribution in [0.5, 0.6) is 5.75 Å². The molecule has 0 saturated heterocycles. The van der Waals surface area contributed by atoms with Crippen molar-refractivity contribution in [1.29, 1.82) is 0 Å². The topological polar surface area (TPSA) is 142 Å². The van der Waals surface area contributed by atoms with Crippen LogP contribution in [-0.4, -0.2) is 40.1 Å². The Hall–Kier alpha value is -2.95. The van der Waals surface area contributed by atoms with E-state index < -0.39 is 23.0 Å². The van der Waals surface area contributed by atoms with Crippen LogP contribution in [0.15, 0.2) is 42.9 Å². The molecule has 0 aliphatic carbocycles. The summed E-state index contributed by atoms with van der Waals surface area (Å²) in [4.78, 5) is 15.0. The van der Waals surface area contributed by atoms with Crippen molar-refractivity contribution < 1.29 is 23.8 Å². The van der Waals surface area contributed by atoms with Crippen LogP contribution in [-0.2, 0) is 11.3 Å². The van der Waals surface area contributed by atoms with E-state index in [1.165, 1.54) is 24.5 Å². The van der Waals surface area contributed by atoms with Crippen LogP contribution in [0.1, 0.15) is 10.4 Å². The molecule has 0 amide bonds. The Morgan fingerprint density at radius 2 is 2.04 bits per heavy atom. The Bertz CT molecular complexity index is 996. The van der Waals surface area contributed by atoms with E-state index in [0.29, 0.717) is 11.1 Å². The number of H-pyrrole nitrogens is 1. The molecular weight excluding hydrogens is 384 g/mol. The number of carboxylic acids is 1. The van der Waals surface area contributed by atoms with Gasteiger partial charge in [-0.1, -0.05) is 11.6 Å². The predicted molar refractivity (Wildman–Crippen MR) is 93.0 cm³/mol. The summed E-state index contributed by atoms with van der Waals surface area (Å²) in [5.74, 6) is -1.90. The Balaban J connectivity index is 2.10. The van der Waals surface area contributed by atoms with Crippen LogP contribution in [0.3, 0.4) is 0 Å². The highest BCUT2D eigenvalue weighted by Crippen LogP contribution is 2.35. The van der Waals surface area contributed by atoms with Crippen molar-refractivity contribution in [3.05, 3.63) is 53.6 Å². The van der Waals surface area contributed by atoms with Gasteiger partial charge in [0, 0.05) is 23.4 Å². The second kappa shape index (κ2) is 7.12. The van der Waals surface area contributed by atoms with Gasteiger partial charge in [-0.25, -0.2) is 9.78 Å². The SMILES string of the molecule is O=C(O)c1ccc(N(c2cnc(Cl)c(-c3cn[nH]c3)c2)S(=O)[O-])cc1O. The van der Waals surface area contributed by atoms with Crippen molar-refractivity contribution in [2.45, 2.75) is 0 Å². The van der Waals surface area contributed by atoms with Crippen molar-refractivity contribution in [3.8, 4) is 16.9 Å². The molecule has 3 rings (SSSR count). The number of pyridine rings is 1. The molecule has 11 heteroatoms. The number of nitrogens with one attached hydrogen (secondary N) is 1. The van der Waals surface area contributed by atoms with E-state index in [1.54, 1.807) is 6.20 Å². The Morgan fingerprint density at radius 3 is 2.62 bits per heavy atom. The fourth-order valence-electron chi connectivity index (χ4n) is 2.30. The van der Waals surface area contributed by atoms with Crippen molar-refractivity contribution in [3.63, 3.8) is 0 Å². The molecule has 3 aromatic rings. The molecule has 0 saturated carbocycles. The van der Waals surface area contributed by atoms with E-state index in [0.717, 1.165) is 16.4 Å². The molecule has 1 unspecified atom stereocenters. The van der Waals surface area contributed by atoms with Crippen molar-refractivity contribution in [2.24, 2.45) is 0 Å². The maximum Gasteiger partial charge on any atom is 0.339 e. The highest BCUT2D eigenvalue weighted by Gasteiger charge is 2.17. The number of carbonyl (C=O) groups is 1. The van der Waals surface area contributed by atoms with Gasteiger partial charge in [0.15, 0.2) is 0 Å². The van der Waals surface area contributed by atoms with Crippen molar-refractivity contribution in [1.82, 2.24) is 15.2 Å². The number of halogens is 1. The summed E-state index contributed by atoms with van der Waals surface area (Å²) in [6.45, 7) is 0. The number of hydrogen-bond acceptors (Lipinski definition) is 6. The van der Waals surface area contributed by atoms with Gasteiger partial charge in [-0.3, -0.25) is 13.6 Å². The number of hydrogen-bond donors (Lipinski definition) is 3. The number of aromatic hydroxyl groups is 1. The van der Waals surface area contributed by atoms with Gasteiger partial charge < -0.3 is 14.8 Å². The predicted octanol–water partition coefficient (Wildman–Crippen LogP) is 2.46. The zero-order valence-corrected chi connectivity index (χ0v) is 14.4. The molecular formula is C15H10ClN4O5S-. The molecule has 0 radical (unpaired) electrons. The molecule has 9 nitrogen and oxygen atoms in total. The first kappa shape index (κ1) is 17.9. The quantitative estimate of drug-likeness (QED) is 0.446. The maximum absolute atomic E-state index is 11.8. The minimum absolute atomic E-state index is 0.0306. The summed E-state index contributed by atoms with van der Waals surface area (Å²) in [5, 5.41) is 25.4. The van der Waals surface area contributed by atoms with Crippen LogP contribution in [0, 0.1) is 0 Å². The van der Waals surface area contributed by atoms with Crippen LogP contribution in [0.2, 0.25) is 5.15 Å². The van der Waals surface area contributed by atoms with E-state index in [2.05, 4.69) is 15.2 Å². The number of phenols is 1. The second-order valence-corrected chi connectivity index (χ2v) is 6.19. The fraction of sp³-hybridized carbons (Fsp3) is 0. The number of rotatable bonds is 5. The van der Waals surface area contributed by atoms with Gasteiger partial charge in [-0.05, 0) is 18.2 Å². The van der Waals surface area contributed by atoms with Gasteiger partial charge in [-0.15, -0.1) is 0 Å². The first-order valence-electron chi connectivity index (χ1n) is 6.99. The zero-order valence-electron chi connectivity index (χ0n) is 12.8. The Morgan fingerprint density at radius 1 is 1.27 bits per heavy atom.